The van der Waals surface area contributed by atoms with E-state index in [2.05, 4.69) is 5.32 Å². The summed E-state index contributed by atoms with van der Waals surface area (Å²) in [6, 6.07) is 10.2. The Hall–Kier alpha value is -2.56. The molecular weight excluding hydrogens is 256 g/mol. The first-order valence-electron chi connectivity index (χ1n) is 6.25. The molecule has 5 heteroatoms. The number of carboxylic acid groups (broad SMARTS) is 1. The second-order valence-electron chi connectivity index (χ2n) is 4.65. The lowest BCUT2D eigenvalue weighted by molar-refractivity contribution is -0.141. The van der Waals surface area contributed by atoms with Gasteiger partial charge in [0.2, 0.25) is 5.91 Å². The highest BCUT2D eigenvalue weighted by atomic mass is 16.4. The molecule has 0 saturated heterocycles. The van der Waals surface area contributed by atoms with Gasteiger partial charge in [-0.1, -0.05) is 30.3 Å². The lowest BCUT2D eigenvalue weighted by Crippen LogP contribution is -2.41. The Bertz CT molecular complexity index is 667. The average Bonchev–Trinajstić information content (AvgIpc) is 2.40. The Labute approximate surface area is 116 Å². The number of nitrogen functional groups attached to an aromatic ring is 1. The average molecular weight is 272 g/mol. The molecule has 0 spiro atoms. The number of carbonyl (C=O) groups excluding carboxylic acids is 1. The molecule has 1 atom stereocenters. The Balaban J connectivity index is 2.40. The second kappa shape index (κ2) is 5.61. The molecule has 0 aliphatic carbocycles. The van der Waals surface area contributed by atoms with Crippen LogP contribution in [0.3, 0.4) is 0 Å². The number of carbonyl (C=O) groups is 2. The fourth-order valence-electron chi connectivity index (χ4n) is 2.23. The molecule has 4 N–H and O–H groups in total. The summed E-state index contributed by atoms with van der Waals surface area (Å²) in [6.45, 7) is 1.30. The maximum atomic E-state index is 11.2. The smallest absolute Gasteiger partial charge is 0.326 e. The van der Waals surface area contributed by atoms with Crippen LogP contribution in [0.25, 0.3) is 10.8 Å². The van der Waals surface area contributed by atoms with E-state index in [1.807, 2.05) is 24.3 Å². The number of benzene rings is 2. The summed E-state index contributed by atoms with van der Waals surface area (Å²) in [4.78, 5) is 22.3. The van der Waals surface area contributed by atoms with Crippen LogP contribution in [-0.4, -0.2) is 23.0 Å². The van der Waals surface area contributed by atoms with Crippen LogP contribution in [0.5, 0.6) is 0 Å². The minimum atomic E-state index is -1.05. The third-order valence-electron chi connectivity index (χ3n) is 3.15. The predicted molar refractivity (Wildman–Crippen MR) is 77.3 cm³/mol. The number of rotatable bonds is 4. The molecule has 0 bridgehead atoms. The quantitative estimate of drug-likeness (QED) is 0.736. The van der Waals surface area contributed by atoms with Crippen LogP contribution in [0.1, 0.15) is 12.5 Å². The standard InChI is InChI=1S/C15H16N2O3/c1-9(18)17-14(15(19)20)8-10-6-7-13(16)12-5-3-2-4-11(10)12/h2-7,14H,8,16H2,1H3,(H,17,18)(H,19,20)/t14-/m1/s1. The van der Waals surface area contributed by atoms with Gasteiger partial charge in [-0.2, -0.15) is 0 Å². The SMILES string of the molecule is CC(=O)N[C@H](Cc1ccc(N)c2ccccc12)C(=O)O. The maximum Gasteiger partial charge on any atom is 0.326 e. The van der Waals surface area contributed by atoms with Gasteiger partial charge in [-0.05, 0) is 17.0 Å². The number of aliphatic carboxylic acids is 1. The number of nitrogens with two attached hydrogens (primary N) is 1. The van der Waals surface area contributed by atoms with Crippen molar-refractivity contribution in [3.8, 4) is 0 Å². The molecular formula is C15H16N2O3. The van der Waals surface area contributed by atoms with Crippen molar-refractivity contribution in [2.45, 2.75) is 19.4 Å². The van der Waals surface area contributed by atoms with Gasteiger partial charge < -0.3 is 16.2 Å². The third kappa shape index (κ3) is 2.88. The van der Waals surface area contributed by atoms with Gasteiger partial charge in [0.1, 0.15) is 6.04 Å². The summed E-state index contributed by atoms with van der Waals surface area (Å²) in [5.41, 5.74) is 7.40. The molecule has 0 unspecified atom stereocenters. The molecule has 2 aromatic carbocycles. The van der Waals surface area contributed by atoms with Gasteiger partial charge in [-0.3, -0.25) is 4.79 Å². The van der Waals surface area contributed by atoms with E-state index in [-0.39, 0.29) is 12.3 Å². The molecule has 0 aromatic heterocycles. The monoisotopic (exact) mass is 272 g/mol. The summed E-state index contributed by atoms with van der Waals surface area (Å²) < 4.78 is 0. The van der Waals surface area contributed by atoms with Crippen LogP contribution in [0, 0.1) is 0 Å². The van der Waals surface area contributed by atoms with E-state index in [1.165, 1.54) is 6.92 Å². The summed E-state index contributed by atoms with van der Waals surface area (Å²) >= 11 is 0. The molecule has 2 aromatic rings. The van der Waals surface area contributed by atoms with Crippen molar-refractivity contribution < 1.29 is 14.7 Å². The predicted octanol–water partition coefficient (Wildman–Crippen LogP) is 1.55. The van der Waals surface area contributed by atoms with E-state index < -0.39 is 12.0 Å². The zero-order chi connectivity index (χ0) is 14.7. The zero-order valence-electron chi connectivity index (χ0n) is 11.1. The molecule has 0 saturated carbocycles. The molecule has 0 fully saturated rings. The van der Waals surface area contributed by atoms with Crippen molar-refractivity contribution in [2.75, 3.05) is 5.73 Å². The van der Waals surface area contributed by atoms with E-state index in [4.69, 9.17) is 5.73 Å². The van der Waals surface area contributed by atoms with Crippen LogP contribution in [0.4, 0.5) is 5.69 Å². The second-order valence-corrected chi connectivity index (χ2v) is 4.65. The van der Waals surface area contributed by atoms with Crippen molar-refractivity contribution in [2.24, 2.45) is 0 Å². The van der Waals surface area contributed by atoms with Gasteiger partial charge >= 0.3 is 5.97 Å². The Morgan fingerprint density at radius 3 is 2.45 bits per heavy atom. The number of hydrogen-bond donors (Lipinski definition) is 3. The molecule has 0 aliphatic rings. The fraction of sp³-hybridized carbons (Fsp3) is 0.200. The maximum absolute atomic E-state index is 11.2. The Morgan fingerprint density at radius 1 is 1.20 bits per heavy atom. The van der Waals surface area contributed by atoms with Gasteiger partial charge in [0, 0.05) is 24.4 Å². The van der Waals surface area contributed by atoms with Gasteiger partial charge in [-0.25, -0.2) is 4.79 Å². The van der Waals surface area contributed by atoms with Crippen LogP contribution in [0.15, 0.2) is 36.4 Å². The van der Waals surface area contributed by atoms with Crippen molar-refractivity contribution in [1.29, 1.82) is 0 Å². The summed E-state index contributed by atoms with van der Waals surface area (Å²) in [6.07, 6.45) is 0.218. The van der Waals surface area contributed by atoms with Crippen molar-refractivity contribution in [3.05, 3.63) is 42.0 Å². The molecule has 5 nitrogen and oxygen atoms in total. The van der Waals surface area contributed by atoms with Crippen LogP contribution in [-0.2, 0) is 16.0 Å². The summed E-state index contributed by atoms with van der Waals surface area (Å²) in [5, 5.41) is 13.4. The molecule has 0 aliphatic heterocycles. The minimum absolute atomic E-state index is 0.218. The lowest BCUT2D eigenvalue weighted by atomic mass is 9.97. The third-order valence-corrected chi connectivity index (χ3v) is 3.15. The first-order valence-corrected chi connectivity index (χ1v) is 6.25. The van der Waals surface area contributed by atoms with Crippen LogP contribution in [0.2, 0.25) is 0 Å². The van der Waals surface area contributed by atoms with Gasteiger partial charge in [0.25, 0.3) is 0 Å². The number of anilines is 1. The summed E-state index contributed by atoms with van der Waals surface area (Å²) in [5.74, 6) is -1.42. The molecule has 1 amide bonds. The van der Waals surface area contributed by atoms with Crippen molar-refractivity contribution in [1.82, 2.24) is 5.32 Å². The largest absolute Gasteiger partial charge is 0.480 e. The molecule has 0 heterocycles. The highest BCUT2D eigenvalue weighted by Gasteiger charge is 2.20. The van der Waals surface area contributed by atoms with E-state index in [1.54, 1.807) is 12.1 Å². The summed E-state index contributed by atoms with van der Waals surface area (Å²) in [7, 11) is 0. The number of amides is 1. The van der Waals surface area contributed by atoms with Gasteiger partial charge in [-0.15, -0.1) is 0 Å². The van der Waals surface area contributed by atoms with Gasteiger partial charge in [0.15, 0.2) is 0 Å². The highest BCUT2D eigenvalue weighted by Crippen LogP contribution is 2.25. The zero-order valence-corrected chi connectivity index (χ0v) is 11.1. The van der Waals surface area contributed by atoms with Crippen molar-refractivity contribution in [3.63, 3.8) is 0 Å². The van der Waals surface area contributed by atoms with Gasteiger partial charge in [0.05, 0.1) is 0 Å². The highest BCUT2D eigenvalue weighted by molar-refractivity contribution is 5.95. The normalized spacial score (nSPS) is 12.1. The van der Waals surface area contributed by atoms with Crippen LogP contribution < -0.4 is 11.1 Å². The Morgan fingerprint density at radius 2 is 1.85 bits per heavy atom. The van der Waals surface area contributed by atoms with Crippen LogP contribution >= 0.6 is 0 Å². The van der Waals surface area contributed by atoms with E-state index in [0.717, 1.165) is 16.3 Å². The first kappa shape index (κ1) is 13.9. The molecule has 0 radical (unpaired) electrons. The number of carboxylic acids is 1. The molecule has 2 rings (SSSR count). The topological polar surface area (TPSA) is 92.4 Å². The number of nitrogens with one attached hydrogen (secondary N) is 1. The minimum Gasteiger partial charge on any atom is -0.480 e. The van der Waals surface area contributed by atoms with Crippen molar-refractivity contribution >= 4 is 28.3 Å². The fourth-order valence-corrected chi connectivity index (χ4v) is 2.23. The number of fused-ring (bicyclic) bond motifs is 1. The van der Waals surface area contributed by atoms with E-state index in [0.29, 0.717) is 5.69 Å². The first-order chi connectivity index (χ1) is 9.49. The lowest BCUT2D eigenvalue weighted by Gasteiger charge is -2.15. The molecule has 104 valence electrons. The number of hydrogen-bond acceptors (Lipinski definition) is 3. The van der Waals surface area contributed by atoms with E-state index in [9.17, 15) is 14.7 Å². The Kier molecular flexibility index (Phi) is 3.89. The molecule has 20 heavy (non-hydrogen) atoms. The van der Waals surface area contributed by atoms with E-state index >= 15 is 0 Å².